The first-order valence-corrected chi connectivity index (χ1v) is 8.37. The lowest BCUT2D eigenvalue weighted by atomic mass is 9.68. The van der Waals surface area contributed by atoms with Gasteiger partial charge in [-0.15, -0.1) is 11.3 Å². The van der Waals surface area contributed by atoms with E-state index in [9.17, 15) is 5.26 Å². The standard InChI is InChI=1S/C16H24N2S/c1-3-4-14-5-8-16(11-17,9-6-14)10-7-15-13(2)18-12-19-15/h12,14H,3-10H2,1-2H3. The third-order valence-electron chi connectivity index (χ3n) is 4.67. The van der Waals surface area contributed by atoms with Crippen LogP contribution in [0.3, 0.4) is 0 Å². The van der Waals surface area contributed by atoms with Crippen LogP contribution < -0.4 is 0 Å². The highest BCUT2D eigenvalue weighted by Crippen LogP contribution is 2.43. The van der Waals surface area contributed by atoms with Gasteiger partial charge in [0.15, 0.2) is 0 Å². The third-order valence-corrected chi connectivity index (χ3v) is 5.67. The van der Waals surface area contributed by atoms with E-state index in [4.69, 9.17) is 0 Å². The van der Waals surface area contributed by atoms with E-state index in [1.807, 2.05) is 5.51 Å². The van der Waals surface area contributed by atoms with Gasteiger partial charge in [-0.3, -0.25) is 0 Å². The number of thiazole rings is 1. The van der Waals surface area contributed by atoms with Gasteiger partial charge in [-0.2, -0.15) is 5.26 Å². The minimum Gasteiger partial charge on any atom is -0.250 e. The van der Waals surface area contributed by atoms with E-state index in [0.717, 1.165) is 37.3 Å². The zero-order valence-electron chi connectivity index (χ0n) is 12.1. The first-order valence-electron chi connectivity index (χ1n) is 7.49. The van der Waals surface area contributed by atoms with E-state index in [-0.39, 0.29) is 5.41 Å². The van der Waals surface area contributed by atoms with Crippen LogP contribution in [-0.4, -0.2) is 4.98 Å². The molecule has 1 fully saturated rings. The van der Waals surface area contributed by atoms with Gasteiger partial charge >= 0.3 is 0 Å². The summed E-state index contributed by atoms with van der Waals surface area (Å²) in [6.45, 7) is 4.34. The van der Waals surface area contributed by atoms with Crippen molar-refractivity contribution in [3.05, 3.63) is 16.1 Å². The van der Waals surface area contributed by atoms with Gasteiger partial charge in [0.05, 0.1) is 22.7 Å². The molecular formula is C16H24N2S. The second kappa shape index (κ2) is 6.52. The van der Waals surface area contributed by atoms with Crippen LogP contribution in [0.4, 0.5) is 0 Å². The highest BCUT2D eigenvalue weighted by Gasteiger charge is 2.35. The largest absolute Gasteiger partial charge is 0.250 e. The Bertz CT molecular complexity index is 436. The second-order valence-electron chi connectivity index (χ2n) is 5.99. The monoisotopic (exact) mass is 276 g/mol. The fourth-order valence-corrected chi connectivity index (χ4v) is 4.04. The molecule has 1 aliphatic carbocycles. The van der Waals surface area contributed by atoms with E-state index < -0.39 is 0 Å². The van der Waals surface area contributed by atoms with Crippen LogP contribution in [-0.2, 0) is 6.42 Å². The maximum Gasteiger partial charge on any atom is 0.0797 e. The quantitative estimate of drug-likeness (QED) is 0.768. The molecule has 2 rings (SSSR count). The Morgan fingerprint density at radius 2 is 2.21 bits per heavy atom. The summed E-state index contributed by atoms with van der Waals surface area (Å²) in [6, 6.07) is 2.65. The van der Waals surface area contributed by atoms with E-state index in [0.29, 0.717) is 0 Å². The molecule has 1 heterocycles. The van der Waals surface area contributed by atoms with Gasteiger partial charge in [0, 0.05) is 4.88 Å². The molecule has 0 bridgehead atoms. The van der Waals surface area contributed by atoms with Gasteiger partial charge in [0.25, 0.3) is 0 Å². The number of nitriles is 1. The molecule has 3 heteroatoms. The summed E-state index contributed by atoms with van der Waals surface area (Å²) in [6.07, 6.45) is 9.39. The average Bonchev–Trinajstić information content (AvgIpc) is 2.84. The molecule has 1 aromatic heterocycles. The number of nitrogens with zero attached hydrogens (tertiary/aromatic N) is 2. The summed E-state index contributed by atoms with van der Waals surface area (Å²) in [4.78, 5) is 5.67. The van der Waals surface area contributed by atoms with Crippen LogP contribution in [0, 0.1) is 29.6 Å². The van der Waals surface area contributed by atoms with E-state index >= 15 is 0 Å². The van der Waals surface area contributed by atoms with Gasteiger partial charge in [0.2, 0.25) is 0 Å². The Morgan fingerprint density at radius 1 is 1.47 bits per heavy atom. The van der Waals surface area contributed by atoms with Crippen molar-refractivity contribution in [2.75, 3.05) is 0 Å². The van der Waals surface area contributed by atoms with E-state index in [1.54, 1.807) is 11.3 Å². The first-order chi connectivity index (χ1) is 9.19. The number of rotatable bonds is 5. The van der Waals surface area contributed by atoms with Crippen LogP contribution >= 0.6 is 11.3 Å². The number of hydrogen-bond donors (Lipinski definition) is 0. The number of aryl methyl sites for hydroxylation is 2. The topological polar surface area (TPSA) is 36.7 Å². The molecule has 1 aliphatic rings. The molecule has 1 saturated carbocycles. The summed E-state index contributed by atoms with van der Waals surface area (Å²) in [5.74, 6) is 0.872. The lowest BCUT2D eigenvalue weighted by molar-refractivity contribution is 0.190. The zero-order valence-corrected chi connectivity index (χ0v) is 12.9. The van der Waals surface area contributed by atoms with E-state index in [2.05, 4.69) is 24.9 Å². The Balaban J connectivity index is 1.90. The molecule has 0 N–H and O–H groups in total. The molecule has 19 heavy (non-hydrogen) atoms. The number of aromatic nitrogens is 1. The predicted molar refractivity (Wildman–Crippen MR) is 80.1 cm³/mol. The molecule has 1 aromatic rings. The molecule has 2 nitrogen and oxygen atoms in total. The summed E-state index contributed by atoms with van der Waals surface area (Å²) < 4.78 is 0. The fourth-order valence-electron chi connectivity index (χ4n) is 3.26. The summed E-state index contributed by atoms with van der Waals surface area (Å²) >= 11 is 1.74. The maximum absolute atomic E-state index is 9.59. The SMILES string of the molecule is CCCC1CCC(C#N)(CCc2scnc2C)CC1. The summed E-state index contributed by atoms with van der Waals surface area (Å²) in [5, 5.41) is 9.59. The summed E-state index contributed by atoms with van der Waals surface area (Å²) in [5.41, 5.74) is 3.01. The molecule has 104 valence electrons. The minimum atomic E-state index is -0.0549. The second-order valence-corrected chi connectivity index (χ2v) is 6.92. The molecule has 0 aliphatic heterocycles. The number of hydrogen-bond acceptors (Lipinski definition) is 3. The average molecular weight is 276 g/mol. The molecule has 0 unspecified atom stereocenters. The molecule has 0 aromatic carbocycles. The molecule has 0 radical (unpaired) electrons. The maximum atomic E-state index is 9.59. The molecular weight excluding hydrogens is 252 g/mol. The molecule has 0 atom stereocenters. The van der Waals surface area contributed by atoms with Crippen molar-refractivity contribution < 1.29 is 0 Å². The Hall–Kier alpha value is -0.880. The fraction of sp³-hybridized carbons (Fsp3) is 0.750. The van der Waals surface area contributed by atoms with Gasteiger partial charge in [0.1, 0.15) is 0 Å². The lowest BCUT2D eigenvalue weighted by Crippen LogP contribution is -2.26. The van der Waals surface area contributed by atoms with Crippen molar-refractivity contribution in [3.8, 4) is 6.07 Å². The zero-order chi connectivity index (χ0) is 13.7. The van der Waals surface area contributed by atoms with Crippen molar-refractivity contribution >= 4 is 11.3 Å². The van der Waals surface area contributed by atoms with Crippen molar-refractivity contribution in [3.63, 3.8) is 0 Å². The highest BCUT2D eigenvalue weighted by molar-refractivity contribution is 7.09. The van der Waals surface area contributed by atoms with Crippen molar-refractivity contribution in [1.82, 2.24) is 4.98 Å². The Kier molecular flexibility index (Phi) is 4.99. The van der Waals surface area contributed by atoms with Crippen LogP contribution in [0.2, 0.25) is 0 Å². The smallest absolute Gasteiger partial charge is 0.0797 e. The predicted octanol–water partition coefficient (Wildman–Crippen LogP) is 4.88. The molecule has 0 amide bonds. The Labute approximate surface area is 120 Å². The van der Waals surface area contributed by atoms with Gasteiger partial charge in [-0.25, -0.2) is 4.98 Å². The van der Waals surface area contributed by atoms with Crippen molar-refractivity contribution in [1.29, 1.82) is 5.26 Å². The van der Waals surface area contributed by atoms with Gasteiger partial charge < -0.3 is 0 Å². The van der Waals surface area contributed by atoms with Crippen molar-refractivity contribution in [2.24, 2.45) is 11.3 Å². The molecule has 0 spiro atoms. The summed E-state index contributed by atoms with van der Waals surface area (Å²) in [7, 11) is 0. The van der Waals surface area contributed by atoms with Crippen LogP contribution in [0.15, 0.2) is 5.51 Å². The molecule has 0 saturated heterocycles. The first kappa shape index (κ1) is 14.5. The third kappa shape index (κ3) is 3.57. The van der Waals surface area contributed by atoms with Crippen LogP contribution in [0.1, 0.15) is 62.4 Å². The van der Waals surface area contributed by atoms with Crippen LogP contribution in [0.25, 0.3) is 0 Å². The lowest BCUT2D eigenvalue weighted by Gasteiger charge is -2.35. The van der Waals surface area contributed by atoms with Gasteiger partial charge in [-0.1, -0.05) is 19.8 Å². The highest BCUT2D eigenvalue weighted by atomic mass is 32.1. The van der Waals surface area contributed by atoms with Crippen molar-refractivity contribution in [2.45, 2.75) is 65.2 Å². The normalized spacial score (nSPS) is 27.1. The van der Waals surface area contributed by atoms with Crippen LogP contribution in [0.5, 0.6) is 0 Å². The van der Waals surface area contributed by atoms with E-state index in [1.165, 1.54) is 30.6 Å². The van der Waals surface area contributed by atoms with Gasteiger partial charge in [-0.05, 0) is 51.4 Å². The minimum absolute atomic E-state index is 0.0549. The Morgan fingerprint density at radius 3 is 2.74 bits per heavy atom.